The van der Waals surface area contributed by atoms with Crippen LogP contribution in [0.15, 0.2) is 30.3 Å². The summed E-state index contributed by atoms with van der Waals surface area (Å²) < 4.78 is 12.8. The Labute approximate surface area is 159 Å². The first-order chi connectivity index (χ1) is 13.2. The number of aromatic nitrogens is 3. The van der Waals surface area contributed by atoms with E-state index in [0.717, 1.165) is 41.5 Å². The Morgan fingerprint density at radius 3 is 2.33 bits per heavy atom. The molecule has 1 aliphatic heterocycles. The van der Waals surface area contributed by atoms with Gasteiger partial charge in [0.2, 0.25) is 0 Å². The van der Waals surface area contributed by atoms with E-state index in [0.29, 0.717) is 11.5 Å². The first-order valence-electron chi connectivity index (χ1n) is 9.54. The number of hydrogen-bond acceptors (Lipinski definition) is 5. The quantitative estimate of drug-likeness (QED) is 0.696. The van der Waals surface area contributed by atoms with E-state index in [-0.39, 0.29) is 0 Å². The molecular weight excluding hydrogens is 340 g/mol. The van der Waals surface area contributed by atoms with Crippen LogP contribution >= 0.6 is 0 Å². The number of methoxy groups -OCH3 is 2. The van der Waals surface area contributed by atoms with Crippen LogP contribution in [-0.2, 0) is 0 Å². The van der Waals surface area contributed by atoms with Crippen molar-refractivity contribution in [3.8, 4) is 22.8 Å². The van der Waals surface area contributed by atoms with Crippen molar-refractivity contribution < 1.29 is 9.47 Å². The number of anilines is 1. The molecule has 0 spiro atoms. The van der Waals surface area contributed by atoms with E-state index in [4.69, 9.17) is 19.6 Å². The van der Waals surface area contributed by atoms with Crippen molar-refractivity contribution in [1.82, 2.24) is 14.6 Å². The molecule has 1 aliphatic rings. The number of ether oxygens (including phenoxy) is 2. The molecule has 0 amide bonds. The van der Waals surface area contributed by atoms with Gasteiger partial charge in [-0.25, -0.2) is 4.98 Å². The monoisotopic (exact) mass is 366 g/mol. The number of rotatable bonds is 4. The topological polar surface area (TPSA) is 51.9 Å². The fourth-order valence-electron chi connectivity index (χ4n) is 3.74. The van der Waals surface area contributed by atoms with Crippen molar-refractivity contribution in [1.29, 1.82) is 0 Å². The molecule has 27 heavy (non-hydrogen) atoms. The summed E-state index contributed by atoms with van der Waals surface area (Å²) in [4.78, 5) is 7.14. The van der Waals surface area contributed by atoms with E-state index in [1.54, 1.807) is 14.2 Å². The number of benzene rings is 1. The first-order valence-corrected chi connectivity index (χ1v) is 9.54. The highest BCUT2D eigenvalue weighted by Gasteiger charge is 2.17. The van der Waals surface area contributed by atoms with E-state index in [1.807, 2.05) is 35.7 Å². The van der Waals surface area contributed by atoms with Gasteiger partial charge in [0.15, 0.2) is 17.1 Å². The molecule has 1 fully saturated rings. The summed E-state index contributed by atoms with van der Waals surface area (Å²) >= 11 is 0. The van der Waals surface area contributed by atoms with Gasteiger partial charge < -0.3 is 14.4 Å². The minimum atomic E-state index is 0.698. The molecule has 0 aliphatic carbocycles. The Bertz CT molecular complexity index is 943. The standard InChI is InChI=1S/C21H26N4O2/c1-15-12-21(24-10-6-4-5-7-11-24)25-20(22-15)14-17(23-25)16-8-9-18(26-2)19(13-16)27-3/h8-9,12-14H,4-7,10-11H2,1-3H3. The molecule has 6 nitrogen and oxygen atoms in total. The number of aryl methyl sites for hydroxylation is 1. The van der Waals surface area contributed by atoms with Gasteiger partial charge in [-0.1, -0.05) is 12.8 Å². The first kappa shape index (κ1) is 17.6. The van der Waals surface area contributed by atoms with Crippen molar-refractivity contribution in [3.63, 3.8) is 0 Å². The van der Waals surface area contributed by atoms with Gasteiger partial charge in [0.25, 0.3) is 0 Å². The Morgan fingerprint density at radius 1 is 0.889 bits per heavy atom. The van der Waals surface area contributed by atoms with Crippen molar-refractivity contribution in [2.75, 3.05) is 32.2 Å². The van der Waals surface area contributed by atoms with E-state index >= 15 is 0 Å². The second-order valence-electron chi connectivity index (χ2n) is 7.03. The van der Waals surface area contributed by atoms with E-state index in [2.05, 4.69) is 11.0 Å². The van der Waals surface area contributed by atoms with Gasteiger partial charge in [-0.2, -0.15) is 9.61 Å². The molecule has 0 N–H and O–H groups in total. The average molecular weight is 366 g/mol. The largest absolute Gasteiger partial charge is 0.493 e. The van der Waals surface area contributed by atoms with Crippen LogP contribution in [0.25, 0.3) is 16.9 Å². The minimum Gasteiger partial charge on any atom is -0.493 e. The lowest BCUT2D eigenvalue weighted by Gasteiger charge is -2.23. The minimum absolute atomic E-state index is 0.698. The molecule has 1 aromatic carbocycles. The van der Waals surface area contributed by atoms with Crippen LogP contribution in [0.1, 0.15) is 31.4 Å². The maximum atomic E-state index is 5.44. The van der Waals surface area contributed by atoms with Crippen molar-refractivity contribution >= 4 is 11.5 Å². The number of fused-ring (bicyclic) bond motifs is 1. The second-order valence-corrected chi connectivity index (χ2v) is 7.03. The molecule has 0 radical (unpaired) electrons. The highest BCUT2D eigenvalue weighted by Crippen LogP contribution is 2.32. The molecule has 0 bridgehead atoms. The summed E-state index contributed by atoms with van der Waals surface area (Å²) in [5.41, 5.74) is 3.75. The third kappa shape index (κ3) is 3.44. The summed E-state index contributed by atoms with van der Waals surface area (Å²) in [6, 6.07) is 10.0. The lowest BCUT2D eigenvalue weighted by molar-refractivity contribution is 0.355. The van der Waals surface area contributed by atoms with Crippen molar-refractivity contribution in [2.24, 2.45) is 0 Å². The Balaban J connectivity index is 1.79. The summed E-state index contributed by atoms with van der Waals surface area (Å²) in [5, 5.41) is 4.88. The number of hydrogen-bond donors (Lipinski definition) is 0. The third-order valence-corrected chi connectivity index (χ3v) is 5.15. The van der Waals surface area contributed by atoms with Crippen molar-refractivity contribution in [2.45, 2.75) is 32.6 Å². The van der Waals surface area contributed by atoms with E-state index in [9.17, 15) is 0 Å². The molecule has 3 aromatic rings. The average Bonchev–Trinajstić information content (AvgIpc) is 2.93. The van der Waals surface area contributed by atoms with Gasteiger partial charge in [0.05, 0.1) is 19.9 Å². The van der Waals surface area contributed by atoms with E-state index < -0.39 is 0 Å². The third-order valence-electron chi connectivity index (χ3n) is 5.15. The van der Waals surface area contributed by atoms with Gasteiger partial charge in [-0.15, -0.1) is 0 Å². The fraction of sp³-hybridized carbons (Fsp3) is 0.429. The van der Waals surface area contributed by atoms with Crippen LogP contribution in [0, 0.1) is 6.92 Å². The van der Waals surface area contributed by atoms with Gasteiger partial charge in [-0.3, -0.25) is 0 Å². The Kier molecular flexibility index (Phi) is 4.88. The zero-order chi connectivity index (χ0) is 18.8. The predicted octanol–water partition coefficient (Wildman–Crippen LogP) is 4.10. The maximum absolute atomic E-state index is 5.44. The SMILES string of the molecule is COc1ccc(-c2cc3nc(C)cc(N4CCCCCC4)n3n2)cc1OC. The highest BCUT2D eigenvalue weighted by molar-refractivity contribution is 5.68. The van der Waals surface area contributed by atoms with Gasteiger partial charge in [-0.05, 0) is 38.0 Å². The molecule has 0 atom stereocenters. The zero-order valence-electron chi connectivity index (χ0n) is 16.2. The molecule has 0 saturated carbocycles. The van der Waals surface area contributed by atoms with Crippen LogP contribution in [0.3, 0.4) is 0 Å². The van der Waals surface area contributed by atoms with Crippen LogP contribution in [0.5, 0.6) is 11.5 Å². The lowest BCUT2D eigenvalue weighted by Crippen LogP contribution is -2.26. The fourth-order valence-corrected chi connectivity index (χ4v) is 3.74. The zero-order valence-corrected chi connectivity index (χ0v) is 16.2. The molecule has 6 heteroatoms. The predicted molar refractivity (Wildman–Crippen MR) is 107 cm³/mol. The van der Waals surface area contributed by atoms with Crippen LogP contribution in [0.4, 0.5) is 5.82 Å². The summed E-state index contributed by atoms with van der Waals surface area (Å²) in [7, 11) is 3.29. The van der Waals surface area contributed by atoms with E-state index in [1.165, 1.54) is 25.7 Å². The number of nitrogens with zero attached hydrogens (tertiary/aromatic N) is 4. The Morgan fingerprint density at radius 2 is 1.63 bits per heavy atom. The van der Waals surface area contributed by atoms with Crippen LogP contribution < -0.4 is 14.4 Å². The van der Waals surface area contributed by atoms with Gasteiger partial charge in [0.1, 0.15) is 5.82 Å². The highest BCUT2D eigenvalue weighted by atomic mass is 16.5. The lowest BCUT2D eigenvalue weighted by atomic mass is 10.1. The van der Waals surface area contributed by atoms with Crippen molar-refractivity contribution in [3.05, 3.63) is 36.0 Å². The maximum Gasteiger partial charge on any atom is 0.161 e. The summed E-state index contributed by atoms with van der Waals surface area (Å²) in [6.45, 7) is 4.19. The van der Waals surface area contributed by atoms with Gasteiger partial charge >= 0.3 is 0 Å². The molecule has 2 aromatic heterocycles. The molecule has 0 unspecified atom stereocenters. The normalized spacial score (nSPS) is 15.0. The molecule has 1 saturated heterocycles. The van der Waals surface area contributed by atoms with Gasteiger partial charge in [0, 0.05) is 36.5 Å². The van der Waals surface area contributed by atoms with Crippen LogP contribution in [0.2, 0.25) is 0 Å². The molecule has 142 valence electrons. The molecule has 3 heterocycles. The van der Waals surface area contributed by atoms with Crippen LogP contribution in [-0.4, -0.2) is 41.9 Å². The smallest absolute Gasteiger partial charge is 0.161 e. The second kappa shape index (κ2) is 7.47. The summed E-state index contributed by atoms with van der Waals surface area (Å²) in [6.07, 6.45) is 5.07. The summed E-state index contributed by atoms with van der Waals surface area (Å²) in [5.74, 6) is 2.54. The molecular formula is C21H26N4O2. The Hall–Kier alpha value is -2.76. The molecule has 4 rings (SSSR count).